The second-order valence-electron chi connectivity index (χ2n) is 4.44. The SMILES string of the molecule is CCn1cc(NC(=O)c2c(Br)c(C)nn2C)c(C(N)=O)n1. The normalized spacial score (nSPS) is 10.7. The van der Waals surface area contributed by atoms with E-state index in [9.17, 15) is 9.59 Å². The number of hydrogen-bond acceptors (Lipinski definition) is 4. The van der Waals surface area contributed by atoms with Crippen molar-refractivity contribution >= 4 is 33.4 Å². The second-order valence-corrected chi connectivity index (χ2v) is 5.23. The molecule has 21 heavy (non-hydrogen) atoms. The molecule has 2 heterocycles. The molecular weight excluding hydrogens is 340 g/mol. The molecule has 112 valence electrons. The van der Waals surface area contributed by atoms with Gasteiger partial charge in [-0.25, -0.2) is 0 Å². The minimum Gasteiger partial charge on any atom is -0.364 e. The van der Waals surface area contributed by atoms with Crippen LogP contribution in [0.15, 0.2) is 10.7 Å². The number of primary amides is 1. The number of aryl methyl sites for hydroxylation is 3. The third-order valence-electron chi connectivity index (χ3n) is 2.93. The molecule has 3 N–H and O–H groups in total. The highest BCUT2D eigenvalue weighted by Gasteiger charge is 2.22. The smallest absolute Gasteiger partial charge is 0.275 e. The quantitative estimate of drug-likeness (QED) is 0.855. The van der Waals surface area contributed by atoms with Gasteiger partial charge in [-0.1, -0.05) is 0 Å². The van der Waals surface area contributed by atoms with Crippen molar-refractivity contribution in [1.29, 1.82) is 0 Å². The van der Waals surface area contributed by atoms with Crippen LogP contribution in [0.1, 0.15) is 33.6 Å². The molecule has 0 aliphatic carbocycles. The summed E-state index contributed by atoms with van der Waals surface area (Å²) in [5, 5.41) is 10.8. The van der Waals surface area contributed by atoms with E-state index in [1.165, 1.54) is 9.36 Å². The van der Waals surface area contributed by atoms with Gasteiger partial charge in [-0.3, -0.25) is 19.0 Å². The molecule has 0 aliphatic heterocycles. The first-order valence-corrected chi connectivity index (χ1v) is 7.02. The topological polar surface area (TPSA) is 108 Å². The number of amides is 2. The van der Waals surface area contributed by atoms with Crippen molar-refractivity contribution in [3.8, 4) is 0 Å². The predicted octanol–water partition coefficient (Wildman–Crippen LogP) is 1.06. The maximum absolute atomic E-state index is 12.4. The first-order valence-electron chi connectivity index (χ1n) is 6.22. The van der Waals surface area contributed by atoms with Crippen LogP contribution in [0, 0.1) is 6.92 Å². The Morgan fingerprint density at radius 2 is 2.10 bits per heavy atom. The summed E-state index contributed by atoms with van der Waals surface area (Å²) in [5.74, 6) is -1.10. The maximum atomic E-state index is 12.4. The number of nitrogens with two attached hydrogens (primary N) is 1. The zero-order valence-electron chi connectivity index (χ0n) is 11.8. The van der Waals surface area contributed by atoms with Gasteiger partial charge in [0, 0.05) is 19.8 Å². The fourth-order valence-corrected chi connectivity index (χ4v) is 2.43. The van der Waals surface area contributed by atoms with Gasteiger partial charge in [0.1, 0.15) is 5.69 Å². The maximum Gasteiger partial charge on any atom is 0.275 e. The molecule has 0 aliphatic rings. The van der Waals surface area contributed by atoms with Crippen molar-refractivity contribution in [2.45, 2.75) is 20.4 Å². The molecule has 0 aromatic carbocycles. The minimum absolute atomic E-state index is 0.0280. The number of rotatable bonds is 4. The van der Waals surface area contributed by atoms with Gasteiger partial charge in [-0.05, 0) is 29.8 Å². The van der Waals surface area contributed by atoms with Crippen LogP contribution in [0.25, 0.3) is 0 Å². The van der Waals surface area contributed by atoms with Crippen molar-refractivity contribution in [3.63, 3.8) is 0 Å². The Morgan fingerprint density at radius 3 is 2.57 bits per heavy atom. The summed E-state index contributed by atoms with van der Waals surface area (Å²) in [7, 11) is 1.66. The highest BCUT2D eigenvalue weighted by Crippen LogP contribution is 2.22. The monoisotopic (exact) mass is 354 g/mol. The van der Waals surface area contributed by atoms with Gasteiger partial charge >= 0.3 is 0 Å². The van der Waals surface area contributed by atoms with Crippen LogP contribution in [0.3, 0.4) is 0 Å². The molecule has 9 heteroatoms. The predicted molar refractivity (Wildman–Crippen MR) is 80.0 cm³/mol. The lowest BCUT2D eigenvalue weighted by Gasteiger charge is -2.04. The van der Waals surface area contributed by atoms with E-state index in [-0.39, 0.29) is 11.4 Å². The van der Waals surface area contributed by atoms with Crippen molar-refractivity contribution in [1.82, 2.24) is 19.6 Å². The van der Waals surface area contributed by atoms with Gasteiger partial charge in [-0.15, -0.1) is 0 Å². The van der Waals surface area contributed by atoms with Crippen LogP contribution < -0.4 is 11.1 Å². The molecule has 0 atom stereocenters. The van der Waals surface area contributed by atoms with Gasteiger partial charge < -0.3 is 11.1 Å². The molecule has 2 amide bonds. The molecule has 0 fully saturated rings. The molecular formula is C12H15BrN6O2. The zero-order chi connectivity index (χ0) is 15.7. The summed E-state index contributed by atoms with van der Waals surface area (Å²) in [4.78, 5) is 23.7. The number of carbonyl (C=O) groups excluding carboxylic acids is 2. The molecule has 2 aromatic heterocycles. The van der Waals surface area contributed by atoms with Crippen LogP contribution >= 0.6 is 15.9 Å². The van der Waals surface area contributed by atoms with E-state index in [1.807, 2.05) is 6.92 Å². The highest BCUT2D eigenvalue weighted by molar-refractivity contribution is 9.10. The van der Waals surface area contributed by atoms with Gasteiger partial charge in [0.05, 0.1) is 15.9 Å². The van der Waals surface area contributed by atoms with E-state index >= 15 is 0 Å². The molecule has 2 aromatic rings. The molecule has 0 bridgehead atoms. The lowest BCUT2D eigenvalue weighted by Crippen LogP contribution is -2.20. The summed E-state index contributed by atoms with van der Waals surface area (Å²) in [6.07, 6.45) is 1.56. The van der Waals surface area contributed by atoms with Crippen LogP contribution in [0.4, 0.5) is 5.69 Å². The number of aromatic nitrogens is 4. The Labute approximate surface area is 129 Å². The average Bonchev–Trinajstić information content (AvgIpc) is 2.91. The third-order valence-corrected chi connectivity index (χ3v) is 3.88. The van der Waals surface area contributed by atoms with Gasteiger partial charge in [-0.2, -0.15) is 10.2 Å². The first-order chi connectivity index (χ1) is 9.85. The van der Waals surface area contributed by atoms with Crippen molar-refractivity contribution < 1.29 is 9.59 Å². The van der Waals surface area contributed by atoms with Crippen LogP contribution in [-0.2, 0) is 13.6 Å². The van der Waals surface area contributed by atoms with Gasteiger partial charge in [0.15, 0.2) is 5.69 Å². The van der Waals surface area contributed by atoms with Crippen molar-refractivity contribution in [3.05, 3.63) is 27.8 Å². The summed E-state index contributed by atoms with van der Waals surface area (Å²) >= 11 is 3.32. The van der Waals surface area contributed by atoms with Crippen LogP contribution in [-0.4, -0.2) is 31.4 Å². The summed E-state index contributed by atoms with van der Waals surface area (Å²) < 4.78 is 3.59. The molecule has 8 nitrogen and oxygen atoms in total. The number of nitrogens with zero attached hydrogens (tertiary/aromatic N) is 4. The van der Waals surface area contributed by atoms with E-state index in [0.717, 1.165) is 0 Å². The zero-order valence-corrected chi connectivity index (χ0v) is 13.4. The van der Waals surface area contributed by atoms with Crippen LogP contribution in [0.5, 0.6) is 0 Å². The number of nitrogens with one attached hydrogen (secondary N) is 1. The van der Waals surface area contributed by atoms with Crippen molar-refractivity contribution in [2.75, 3.05) is 5.32 Å². The largest absolute Gasteiger partial charge is 0.364 e. The van der Waals surface area contributed by atoms with E-state index in [0.29, 0.717) is 22.4 Å². The lowest BCUT2D eigenvalue weighted by atomic mass is 10.3. The Morgan fingerprint density at radius 1 is 1.43 bits per heavy atom. The van der Waals surface area contributed by atoms with E-state index in [2.05, 4.69) is 31.4 Å². The van der Waals surface area contributed by atoms with E-state index in [1.54, 1.807) is 20.2 Å². The third kappa shape index (κ3) is 2.82. The highest BCUT2D eigenvalue weighted by atomic mass is 79.9. The molecule has 0 unspecified atom stereocenters. The summed E-state index contributed by atoms with van der Waals surface area (Å²) in [5.41, 5.74) is 6.62. The van der Waals surface area contributed by atoms with E-state index in [4.69, 9.17) is 5.73 Å². The number of hydrogen-bond donors (Lipinski definition) is 2. The first kappa shape index (κ1) is 15.2. The van der Waals surface area contributed by atoms with E-state index < -0.39 is 11.8 Å². The number of halogens is 1. The Kier molecular flexibility index (Phi) is 4.12. The Hall–Kier alpha value is -2.16. The molecule has 0 saturated carbocycles. The Balaban J connectivity index is 2.35. The fraction of sp³-hybridized carbons (Fsp3) is 0.333. The van der Waals surface area contributed by atoms with Gasteiger partial charge in [0.2, 0.25) is 0 Å². The summed E-state index contributed by atoms with van der Waals surface area (Å²) in [6, 6.07) is 0. The molecule has 0 saturated heterocycles. The number of anilines is 1. The Bertz CT molecular complexity index is 718. The van der Waals surface area contributed by atoms with Gasteiger partial charge in [0.25, 0.3) is 11.8 Å². The fourth-order valence-electron chi connectivity index (χ4n) is 1.92. The molecule has 0 spiro atoms. The molecule has 2 rings (SSSR count). The number of carbonyl (C=O) groups is 2. The summed E-state index contributed by atoms with van der Waals surface area (Å²) in [6.45, 7) is 4.21. The second kappa shape index (κ2) is 5.68. The average molecular weight is 355 g/mol. The minimum atomic E-state index is -0.697. The van der Waals surface area contributed by atoms with Crippen molar-refractivity contribution in [2.24, 2.45) is 12.8 Å². The van der Waals surface area contributed by atoms with Crippen LogP contribution in [0.2, 0.25) is 0 Å². The standard InChI is InChI=1S/C12H15BrN6O2/c1-4-19-5-7(9(17-19)11(14)20)15-12(21)10-8(13)6(2)16-18(10)3/h5H,4H2,1-3H3,(H2,14,20)(H,15,21). The molecule has 0 radical (unpaired) electrons. The lowest BCUT2D eigenvalue weighted by molar-refractivity contribution is 0.0995.